The van der Waals surface area contributed by atoms with Crippen LogP contribution in [0.5, 0.6) is 17.2 Å². The highest BCUT2D eigenvalue weighted by Gasteiger charge is 2.23. The molecule has 0 spiro atoms. The maximum atomic E-state index is 14.2. The normalized spacial score (nSPS) is 13.3. The maximum Gasteiger partial charge on any atom is 0.311 e. The topological polar surface area (TPSA) is 92.5 Å². The van der Waals surface area contributed by atoms with Crippen molar-refractivity contribution in [3.8, 4) is 17.2 Å². The summed E-state index contributed by atoms with van der Waals surface area (Å²) in [7, 11) is 0. The van der Waals surface area contributed by atoms with Gasteiger partial charge in [0, 0.05) is 62.2 Å². The summed E-state index contributed by atoms with van der Waals surface area (Å²) in [6, 6.07) is 13.0. The minimum atomic E-state index is -0.565. The van der Waals surface area contributed by atoms with Gasteiger partial charge in [0.2, 0.25) is 0 Å². The summed E-state index contributed by atoms with van der Waals surface area (Å²) in [4.78, 5) is 19.9. The van der Waals surface area contributed by atoms with Crippen molar-refractivity contribution >= 4 is 45.9 Å². The van der Waals surface area contributed by atoms with Crippen LogP contribution in [-0.2, 0) is 6.54 Å². The number of hydrogen-bond acceptors (Lipinski definition) is 6. The van der Waals surface area contributed by atoms with Crippen molar-refractivity contribution in [2.45, 2.75) is 20.4 Å². The molecule has 9 nitrogen and oxygen atoms in total. The quantitative estimate of drug-likeness (QED) is 0.0800. The van der Waals surface area contributed by atoms with Gasteiger partial charge in [-0.05, 0) is 50.2 Å². The molecule has 0 aliphatic carbocycles. The Bertz CT molecular complexity index is 1480. The van der Waals surface area contributed by atoms with E-state index in [-0.39, 0.29) is 40.0 Å². The van der Waals surface area contributed by atoms with Crippen molar-refractivity contribution in [3.05, 3.63) is 99.1 Å². The Labute approximate surface area is 264 Å². The second-order valence-corrected chi connectivity index (χ2v) is 10.1. The first-order chi connectivity index (χ1) is 20.1. The molecule has 0 atom stereocenters. The van der Waals surface area contributed by atoms with Crippen LogP contribution in [0, 0.1) is 21.7 Å². The van der Waals surface area contributed by atoms with Crippen LogP contribution < -0.4 is 19.7 Å². The van der Waals surface area contributed by atoms with Crippen LogP contribution >= 0.6 is 28.6 Å². The number of hydrogen-bond donors (Lipinski definition) is 1. The third-order valence-corrected chi connectivity index (χ3v) is 6.76. The van der Waals surface area contributed by atoms with E-state index in [9.17, 15) is 18.9 Å². The molecule has 3 aromatic rings. The Morgan fingerprint density at radius 3 is 2.49 bits per heavy atom. The Kier molecular flexibility index (Phi) is 12.1. The highest BCUT2D eigenvalue weighted by atomic mass is 79.9. The monoisotopic (exact) mass is 679 g/mol. The van der Waals surface area contributed by atoms with Gasteiger partial charge in [0.25, 0.3) is 0 Å². The molecule has 0 unspecified atom stereocenters. The lowest BCUT2D eigenvalue weighted by Crippen LogP contribution is -2.52. The SMILES string of the molecule is Br.C=C(C)CNC(=NCc1cc(F)ccc1Oc1ccc(F)c(Cl)c1)N1CCN(c2ccc([N+](=O)[O-])c(OCC)c2)CC1. The van der Waals surface area contributed by atoms with Crippen LogP contribution in [0.25, 0.3) is 0 Å². The number of halogens is 4. The molecule has 1 saturated heterocycles. The molecule has 1 fully saturated rings. The van der Waals surface area contributed by atoms with Crippen molar-refractivity contribution in [3.63, 3.8) is 0 Å². The first kappa shape index (κ1) is 33.6. The van der Waals surface area contributed by atoms with Crippen LogP contribution in [0.1, 0.15) is 19.4 Å². The molecule has 3 aromatic carbocycles. The molecule has 0 aromatic heterocycles. The zero-order chi connectivity index (χ0) is 30.2. The van der Waals surface area contributed by atoms with E-state index in [1.165, 1.54) is 42.5 Å². The molecule has 230 valence electrons. The molecule has 1 aliphatic heterocycles. The average molecular weight is 681 g/mol. The molecule has 43 heavy (non-hydrogen) atoms. The van der Waals surface area contributed by atoms with E-state index in [2.05, 4.69) is 21.7 Å². The van der Waals surface area contributed by atoms with E-state index in [0.717, 1.165) is 11.3 Å². The van der Waals surface area contributed by atoms with Crippen molar-refractivity contribution < 1.29 is 23.2 Å². The zero-order valence-electron chi connectivity index (χ0n) is 23.8. The maximum absolute atomic E-state index is 14.2. The Balaban J connectivity index is 0.00000506. The van der Waals surface area contributed by atoms with E-state index in [4.69, 9.17) is 26.1 Å². The fraction of sp³-hybridized carbons (Fsp3) is 0.300. The number of aliphatic imine (C=N–C) groups is 1. The number of anilines is 1. The van der Waals surface area contributed by atoms with Gasteiger partial charge in [-0.3, -0.25) is 10.1 Å². The van der Waals surface area contributed by atoms with E-state index in [1.54, 1.807) is 19.1 Å². The number of ether oxygens (including phenoxy) is 2. The van der Waals surface area contributed by atoms with Crippen LogP contribution in [0.2, 0.25) is 5.02 Å². The minimum Gasteiger partial charge on any atom is -0.487 e. The lowest BCUT2D eigenvalue weighted by molar-refractivity contribution is -0.385. The van der Waals surface area contributed by atoms with Crippen LogP contribution in [0.4, 0.5) is 20.2 Å². The number of guanidine groups is 1. The number of rotatable bonds is 10. The number of nitro benzene ring substituents is 1. The molecule has 13 heteroatoms. The second kappa shape index (κ2) is 15.5. The molecule has 1 N–H and O–H groups in total. The third-order valence-electron chi connectivity index (χ3n) is 6.47. The first-order valence-electron chi connectivity index (χ1n) is 13.4. The average Bonchev–Trinajstić information content (AvgIpc) is 2.96. The van der Waals surface area contributed by atoms with Crippen molar-refractivity contribution in [2.75, 3.05) is 44.2 Å². The fourth-order valence-corrected chi connectivity index (χ4v) is 4.56. The predicted octanol–water partition coefficient (Wildman–Crippen LogP) is 7.14. The van der Waals surface area contributed by atoms with E-state index in [1.807, 2.05) is 6.92 Å². The summed E-state index contributed by atoms with van der Waals surface area (Å²) < 4.78 is 39.2. The number of piperazine rings is 1. The zero-order valence-corrected chi connectivity index (χ0v) is 26.3. The van der Waals surface area contributed by atoms with Gasteiger partial charge in [0.1, 0.15) is 23.1 Å². The molecular weight excluding hydrogens is 648 g/mol. The van der Waals surface area contributed by atoms with Gasteiger partial charge in [-0.15, -0.1) is 17.0 Å². The van der Waals surface area contributed by atoms with E-state index < -0.39 is 16.6 Å². The Morgan fingerprint density at radius 1 is 1.09 bits per heavy atom. The largest absolute Gasteiger partial charge is 0.487 e. The van der Waals surface area contributed by atoms with Crippen LogP contribution in [-0.4, -0.2) is 55.1 Å². The summed E-state index contributed by atoms with van der Waals surface area (Å²) in [6.45, 7) is 11.1. The van der Waals surface area contributed by atoms with E-state index >= 15 is 0 Å². The second-order valence-electron chi connectivity index (χ2n) is 9.70. The van der Waals surface area contributed by atoms with Gasteiger partial charge < -0.3 is 24.6 Å². The Hall–Kier alpha value is -3.90. The highest BCUT2D eigenvalue weighted by Crippen LogP contribution is 2.33. The Morgan fingerprint density at radius 2 is 1.84 bits per heavy atom. The minimum absolute atomic E-state index is 0. The number of nitrogens with zero attached hydrogens (tertiary/aromatic N) is 4. The fourth-order valence-electron chi connectivity index (χ4n) is 4.39. The summed E-state index contributed by atoms with van der Waals surface area (Å²) >= 11 is 5.89. The van der Waals surface area contributed by atoms with Gasteiger partial charge in [0.05, 0.1) is 23.1 Å². The molecule has 1 heterocycles. The number of nitro groups is 1. The molecule has 0 amide bonds. The number of benzene rings is 3. The van der Waals surface area contributed by atoms with Crippen molar-refractivity contribution in [2.24, 2.45) is 4.99 Å². The van der Waals surface area contributed by atoms with E-state index in [0.29, 0.717) is 62.4 Å². The first-order valence-corrected chi connectivity index (χ1v) is 13.8. The van der Waals surface area contributed by atoms with Gasteiger partial charge in [0.15, 0.2) is 11.7 Å². The van der Waals surface area contributed by atoms with Gasteiger partial charge in [-0.2, -0.15) is 0 Å². The lowest BCUT2D eigenvalue weighted by Gasteiger charge is -2.38. The molecule has 0 bridgehead atoms. The van der Waals surface area contributed by atoms with Gasteiger partial charge >= 0.3 is 5.69 Å². The van der Waals surface area contributed by atoms with Gasteiger partial charge in [-0.25, -0.2) is 13.8 Å². The summed E-state index contributed by atoms with van der Waals surface area (Å²) in [5.74, 6) is 0.540. The molecular formula is C30H33BrClF2N5O4. The number of nitrogens with one attached hydrogen (secondary N) is 1. The highest BCUT2D eigenvalue weighted by molar-refractivity contribution is 8.93. The summed E-state index contributed by atoms with van der Waals surface area (Å²) in [5, 5.41) is 14.6. The van der Waals surface area contributed by atoms with Crippen LogP contribution in [0.15, 0.2) is 71.7 Å². The summed E-state index contributed by atoms with van der Waals surface area (Å²) in [6.07, 6.45) is 0. The predicted molar refractivity (Wildman–Crippen MR) is 170 cm³/mol. The third kappa shape index (κ3) is 9.04. The molecule has 1 aliphatic rings. The summed E-state index contributed by atoms with van der Waals surface area (Å²) in [5.41, 5.74) is 2.18. The standard InChI is InChI=1S/C30H32ClF2N5O4.BrH/c1-4-41-29-16-23(6-9-27(29)38(39)40)36-11-13-37(14-12-36)30(34-18-20(2)3)35-19-21-15-22(32)5-10-28(21)42-24-7-8-26(33)25(31)17-24;/h5-10,15-17H,2,4,11-14,18-19H2,1,3H3,(H,34,35);1H. The molecule has 0 saturated carbocycles. The van der Waals surface area contributed by atoms with Crippen molar-refractivity contribution in [1.29, 1.82) is 0 Å². The lowest BCUT2D eigenvalue weighted by atomic mass is 10.2. The molecule has 0 radical (unpaired) electrons. The van der Waals surface area contributed by atoms with Crippen LogP contribution in [0.3, 0.4) is 0 Å². The molecule has 4 rings (SSSR count). The van der Waals surface area contributed by atoms with Gasteiger partial charge in [-0.1, -0.05) is 23.8 Å². The van der Waals surface area contributed by atoms with Crippen molar-refractivity contribution in [1.82, 2.24) is 10.2 Å². The smallest absolute Gasteiger partial charge is 0.311 e.